The van der Waals surface area contributed by atoms with Gasteiger partial charge in [-0.25, -0.2) is 0 Å². The summed E-state index contributed by atoms with van der Waals surface area (Å²) in [7, 11) is 0. The standard InChI is InChI=1S/C8H11N3O3S2/c1-2-6-10-11-8(16-6)9-5(12)3-15-4-7(13)14/h2-4H2,1H3,(H,13,14)(H,9,11,12). The van der Waals surface area contributed by atoms with Gasteiger partial charge in [-0.1, -0.05) is 18.3 Å². The Morgan fingerprint density at radius 1 is 1.44 bits per heavy atom. The summed E-state index contributed by atoms with van der Waals surface area (Å²) in [6.07, 6.45) is 0.779. The molecular formula is C8H11N3O3S2. The average Bonchev–Trinajstić information content (AvgIpc) is 2.65. The first kappa shape index (κ1) is 12.9. The van der Waals surface area contributed by atoms with Crippen molar-refractivity contribution in [1.29, 1.82) is 0 Å². The topological polar surface area (TPSA) is 92.2 Å². The van der Waals surface area contributed by atoms with E-state index in [2.05, 4.69) is 15.5 Å². The normalized spacial score (nSPS) is 10.1. The van der Waals surface area contributed by atoms with E-state index in [9.17, 15) is 9.59 Å². The van der Waals surface area contributed by atoms with Crippen LogP contribution in [0.2, 0.25) is 0 Å². The van der Waals surface area contributed by atoms with Crippen LogP contribution in [0.4, 0.5) is 5.13 Å². The molecule has 0 aromatic carbocycles. The van der Waals surface area contributed by atoms with Crippen molar-refractivity contribution in [2.75, 3.05) is 16.8 Å². The maximum atomic E-state index is 11.3. The fraction of sp³-hybridized carbons (Fsp3) is 0.500. The molecule has 0 fully saturated rings. The van der Waals surface area contributed by atoms with E-state index in [1.54, 1.807) is 0 Å². The Labute approximate surface area is 100 Å². The minimum absolute atomic E-state index is 0.0796. The first-order valence-electron chi connectivity index (χ1n) is 4.53. The largest absolute Gasteiger partial charge is 0.481 e. The zero-order valence-electron chi connectivity index (χ0n) is 8.60. The highest BCUT2D eigenvalue weighted by Crippen LogP contribution is 2.15. The molecule has 1 heterocycles. The maximum absolute atomic E-state index is 11.3. The maximum Gasteiger partial charge on any atom is 0.313 e. The fourth-order valence-corrected chi connectivity index (χ4v) is 2.06. The minimum Gasteiger partial charge on any atom is -0.481 e. The van der Waals surface area contributed by atoms with E-state index in [0.717, 1.165) is 23.2 Å². The number of thioether (sulfide) groups is 1. The van der Waals surface area contributed by atoms with Crippen molar-refractivity contribution in [2.45, 2.75) is 13.3 Å². The van der Waals surface area contributed by atoms with Gasteiger partial charge in [0.2, 0.25) is 11.0 Å². The summed E-state index contributed by atoms with van der Waals surface area (Å²) >= 11 is 2.37. The number of nitrogens with one attached hydrogen (secondary N) is 1. The second kappa shape index (κ2) is 6.44. The van der Waals surface area contributed by atoms with Crippen LogP contribution in [0, 0.1) is 0 Å². The molecule has 0 saturated carbocycles. The Hall–Kier alpha value is -1.15. The highest BCUT2D eigenvalue weighted by atomic mass is 32.2. The average molecular weight is 261 g/mol. The predicted octanol–water partition coefficient (Wildman–Crippen LogP) is 0.857. The lowest BCUT2D eigenvalue weighted by Gasteiger charge is -1.98. The third-order valence-electron chi connectivity index (χ3n) is 1.47. The van der Waals surface area contributed by atoms with Gasteiger partial charge in [-0.15, -0.1) is 22.0 Å². The van der Waals surface area contributed by atoms with Gasteiger partial charge < -0.3 is 5.11 Å². The van der Waals surface area contributed by atoms with Gasteiger partial charge in [0.1, 0.15) is 5.01 Å². The molecule has 8 heteroatoms. The van der Waals surface area contributed by atoms with E-state index in [0.29, 0.717) is 5.13 Å². The predicted molar refractivity (Wildman–Crippen MR) is 62.9 cm³/mol. The molecule has 0 radical (unpaired) electrons. The van der Waals surface area contributed by atoms with Crippen molar-refractivity contribution in [1.82, 2.24) is 10.2 Å². The van der Waals surface area contributed by atoms with Crippen LogP contribution in [0.15, 0.2) is 0 Å². The third kappa shape index (κ3) is 4.58. The molecule has 0 bridgehead atoms. The molecule has 2 N–H and O–H groups in total. The molecule has 0 aliphatic heterocycles. The quantitative estimate of drug-likeness (QED) is 0.789. The van der Waals surface area contributed by atoms with Gasteiger partial charge in [0.25, 0.3) is 0 Å². The second-order valence-electron chi connectivity index (χ2n) is 2.79. The van der Waals surface area contributed by atoms with E-state index in [-0.39, 0.29) is 17.4 Å². The summed E-state index contributed by atoms with van der Waals surface area (Å²) in [5, 5.41) is 19.9. The summed E-state index contributed by atoms with van der Waals surface area (Å²) < 4.78 is 0. The Bertz CT molecular complexity index is 380. The van der Waals surface area contributed by atoms with Gasteiger partial charge >= 0.3 is 5.97 Å². The number of aliphatic carboxylic acids is 1. The zero-order valence-corrected chi connectivity index (χ0v) is 10.2. The van der Waals surface area contributed by atoms with E-state index < -0.39 is 5.97 Å². The van der Waals surface area contributed by atoms with Crippen molar-refractivity contribution in [3.63, 3.8) is 0 Å². The molecule has 0 saturated heterocycles. The van der Waals surface area contributed by atoms with E-state index in [1.165, 1.54) is 11.3 Å². The minimum atomic E-state index is -0.929. The van der Waals surface area contributed by atoms with Crippen LogP contribution in [0.5, 0.6) is 0 Å². The molecule has 88 valence electrons. The van der Waals surface area contributed by atoms with Crippen molar-refractivity contribution < 1.29 is 14.7 Å². The molecule has 0 aliphatic carbocycles. The van der Waals surface area contributed by atoms with E-state index in [1.807, 2.05) is 6.92 Å². The molecule has 16 heavy (non-hydrogen) atoms. The van der Waals surface area contributed by atoms with Crippen molar-refractivity contribution >= 4 is 40.1 Å². The molecular weight excluding hydrogens is 250 g/mol. The summed E-state index contributed by atoms with van der Waals surface area (Å²) in [6, 6.07) is 0. The number of amides is 1. The number of hydrogen-bond donors (Lipinski definition) is 2. The number of hydrogen-bond acceptors (Lipinski definition) is 6. The number of carbonyl (C=O) groups is 2. The monoisotopic (exact) mass is 261 g/mol. The van der Waals surface area contributed by atoms with Gasteiger partial charge in [0.05, 0.1) is 11.5 Å². The van der Waals surface area contributed by atoms with Gasteiger partial charge in [-0.3, -0.25) is 14.9 Å². The highest BCUT2D eigenvalue weighted by Gasteiger charge is 2.08. The number of nitrogens with zero attached hydrogens (tertiary/aromatic N) is 2. The van der Waals surface area contributed by atoms with Crippen LogP contribution >= 0.6 is 23.1 Å². The summed E-state index contributed by atoms with van der Waals surface area (Å²) in [5.74, 6) is -1.16. The summed E-state index contributed by atoms with van der Waals surface area (Å²) in [6.45, 7) is 1.95. The Morgan fingerprint density at radius 2 is 2.19 bits per heavy atom. The molecule has 0 spiro atoms. The highest BCUT2D eigenvalue weighted by molar-refractivity contribution is 8.00. The number of aryl methyl sites for hydroxylation is 1. The zero-order chi connectivity index (χ0) is 12.0. The number of aromatic nitrogens is 2. The molecule has 1 amide bonds. The molecule has 1 rings (SSSR count). The van der Waals surface area contributed by atoms with Gasteiger partial charge in [-0.05, 0) is 6.42 Å². The van der Waals surface area contributed by atoms with Crippen LogP contribution in [-0.2, 0) is 16.0 Å². The molecule has 0 aliphatic rings. The number of carboxylic acid groups (broad SMARTS) is 1. The Balaban J connectivity index is 2.31. The lowest BCUT2D eigenvalue weighted by atomic mass is 10.5. The molecule has 0 atom stereocenters. The molecule has 1 aromatic heterocycles. The van der Waals surface area contributed by atoms with Crippen LogP contribution < -0.4 is 5.32 Å². The SMILES string of the molecule is CCc1nnc(NC(=O)CSCC(=O)O)s1. The third-order valence-corrected chi connectivity index (χ3v) is 3.37. The van der Waals surface area contributed by atoms with Crippen LogP contribution in [0.25, 0.3) is 0 Å². The number of carbonyl (C=O) groups excluding carboxylic acids is 1. The lowest BCUT2D eigenvalue weighted by Crippen LogP contribution is -2.15. The van der Waals surface area contributed by atoms with Gasteiger partial charge in [-0.2, -0.15) is 0 Å². The van der Waals surface area contributed by atoms with Gasteiger partial charge in [0.15, 0.2) is 0 Å². The Kier molecular flexibility index (Phi) is 5.20. The second-order valence-corrected chi connectivity index (χ2v) is 4.84. The number of carboxylic acids is 1. The molecule has 1 aromatic rings. The summed E-state index contributed by atoms with van der Waals surface area (Å²) in [4.78, 5) is 21.5. The Morgan fingerprint density at radius 3 is 2.75 bits per heavy atom. The van der Waals surface area contributed by atoms with Crippen molar-refractivity contribution in [3.05, 3.63) is 5.01 Å². The number of anilines is 1. The van der Waals surface area contributed by atoms with E-state index >= 15 is 0 Å². The van der Waals surface area contributed by atoms with Crippen molar-refractivity contribution in [2.24, 2.45) is 0 Å². The van der Waals surface area contributed by atoms with Gasteiger partial charge in [0, 0.05) is 0 Å². The van der Waals surface area contributed by atoms with Crippen LogP contribution in [0.1, 0.15) is 11.9 Å². The first-order valence-corrected chi connectivity index (χ1v) is 6.50. The lowest BCUT2D eigenvalue weighted by molar-refractivity contribution is -0.133. The molecule has 6 nitrogen and oxygen atoms in total. The van der Waals surface area contributed by atoms with Crippen molar-refractivity contribution in [3.8, 4) is 0 Å². The van der Waals surface area contributed by atoms with E-state index in [4.69, 9.17) is 5.11 Å². The smallest absolute Gasteiger partial charge is 0.313 e. The molecule has 0 unspecified atom stereocenters. The van der Waals surface area contributed by atoms with Crippen LogP contribution in [-0.4, -0.2) is 38.7 Å². The number of rotatable bonds is 6. The van der Waals surface area contributed by atoms with Crippen LogP contribution in [0.3, 0.4) is 0 Å². The fourth-order valence-electron chi connectivity index (χ4n) is 0.833. The first-order chi connectivity index (χ1) is 7.61. The summed E-state index contributed by atoms with van der Waals surface area (Å²) in [5.41, 5.74) is 0.